The Kier molecular flexibility index (Phi) is 5.90. The average molecular weight is 422 g/mol. The first-order valence-corrected chi connectivity index (χ1v) is 10.9. The number of aromatic nitrogens is 2. The molecule has 0 saturated heterocycles. The van der Waals surface area contributed by atoms with Crippen LogP contribution in [0.25, 0.3) is 11.3 Å². The van der Waals surface area contributed by atoms with E-state index in [9.17, 15) is 5.02 Å². The number of anilines is 2. The molecule has 1 heterocycles. The number of hydrogen-bond donors (Lipinski definition) is 4. The molecular weight excluding hydrogens is 391 g/mol. The summed E-state index contributed by atoms with van der Waals surface area (Å²) in [5.41, 5.74) is 11.3. The van der Waals surface area contributed by atoms with Crippen LogP contribution in [0.5, 0.6) is 0 Å². The maximum Gasteiger partial charge on any atom is 0.373 e. The Labute approximate surface area is 183 Å². The van der Waals surface area contributed by atoms with Crippen LogP contribution in [0.1, 0.15) is 50.7 Å². The second-order valence-electron chi connectivity index (χ2n) is 9.03. The topological polar surface area (TPSA) is 118 Å². The van der Waals surface area contributed by atoms with Crippen LogP contribution >= 0.6 is 0 Å². The molecule has 1 saturated carbocycles. The van der Waals surface area contributed by atoms with E-state index in [1.54, 1.807) is 13.9 Å². The summed E-state index contributed by atoms with van der Waals surface area (Å²) < 4.78 is 0. The molecule has 0 aliphatic heterocycles. The molecule has 164 valence electrons. The van der Waals surface area contributed by atoms with Gasteiger partial charge in [0.2, 0.25) is 0 Å². The monoisotopic (exact) mass is 422 g/mol. The Morgan fingerprint density at radius 2 is 1.87 bits per heavy atom. The van der Waals surface area contributed by atoms with Gasteiger partial charge >= 0.3 is 7.05 Å². The molecule has 0 radical (unpaired) electrons. The third-order valence-electron chi connectivity index (χ3n) is 6.38. The highest BCUT2D eigenvalue weighted by Gasteiger charge is 2.40. The fraction of sp³-hybridized carbons (Fsp3) is 0.500. The second kappa shape index (κ2) is 8.47. The number of hydrogen-bond acceptors (Lipinski definition) is 8. The molecule has 0 spiro atoms. The van der Waals surface area contributed by atoms with Gasteiger partial charge in [-0.05, 0) is 64.5 Å². The molecule has 0 atom stereocenters. The molecule has 5 N–H and O–H groups in total. The van der Waals surface area contributed by atoms with E-state index in [1.165, 1.54) is 6.33 Å². The first-order chi connectivity index (χ1) is 14.8. The third kappa shape index (κ3) is 4.12. The van der Waals surface area contributed by atoms with Crippen molar-refractivity contribution in [3.8, 4) is 11.3 Å². The minimum absolute atomic E-state index is 0.379. The number of benzene rings is 1. The molecule has 2 aromatic rings. The highest BCUT2D eigenvalue weighted by atomic mass is 16.6. The van der Waals surface area contributed by atoms with Gasteiger partial charge in [-0.15, -0.1) is 0 Å². The molecule has 0 unspecified atom stereocenters. The lowest BCUT2D eigenvalue weighted by Crippen LogP contribution is -2.43. The minimum atomic E-state index is -0.493. The number of fused-ring (bicyclic) bond motifs is 3. The van der Waals surface area contributed by atoms with Crippen LogP contribution in [-0.2, 0) is 10.3 Å². The van der Waals surface area contributed by atoms with Crippen molar-refractivity contribution in [2.24, 2.45) is 5.16 Å². The molecule has 0 amide bonds. The van der Waals surface area contributed by atoms with Crippen molar-refractivity contribution in [3.05, 3.63) is 35.7 Å². The maximum atomic E-state index is 9.55. The van der Waals surface area contributed by atoms with Gasteiger partial charge in [-0.2, -0.15) is 0 Å². The summed E-state index contributed by atoms with van der Waals surface area (Å²) in [6.07, 6.45) is 5.70. The molecule has 1 fully saturated rings. The number of nitrogen functional groups attached to an aromatic ring is 1. The predicted octanol–water partition coefficient (Wildman–Crippen LogP) is 2.79. The summed E-state index contributed by atoms with van der Waals surface area (Å²) in [5.74, 6) is 0.467. The van der Waals surface area contributed by atoms with Crippen LogP contribution in [0.3, 0.4) is 0 Å². The lowest BCUT2D eigenvalue weighted by Gasteiger charge is -2.35. The van der Waals surface area contributed by atoms with Gasteiger partial charge in [-0.3, -0.25) is 0 Å². The number of oxime groups is 1. The Hall–Kier alpha value is -2.65. The third-order valence-corrected chi connectivity index (χ3v) is 6.38. The second-order valence-corrected chi connectivity index (χ2v) is 9.03. The lowest BCUT2D eigenvalue weighted by atomic mass is 9.70. The van der Waals surface area contributed by atoms with Crippen molar-refractivity contribution < 1.29 is 9.86 Å². The van der Waals surface area contributed by atoms with Crippen molar-refractivity contribution in [2.45, 2.75) is 63.9 Å². The van der Waals surface area contributed by atoms with Gasteiger partial charge in [-0.25, -0.2) is 9.97 Å². The zero-order valence-corrected chi connectivity index (χ0v) is 18.6. The van der Waals surface area contributed by atoms with Gasteiger partial charge in [0, 0.05) is 33.8 Å². The fourth-order valence-electron chi connectivity index (χ4n) is 4.95. The number of rotatable bonds is 5. The van der Waals surface area contributed by atoms with Crippen LogP contribution in [-0.4, -0.2) is 46.9 Å². The van der Waals surface area contributed by atoms with E-state index in [0.29, 0.717) is 17.9 Å². The van der Waals surface area contributed by atoms with Crippen molar-refractivity contribution in [3.63, 3.8) is 0 Å². The lowest BCUT2D eigenvalue weighted by molar-refractivity contribution is 0.211. The van der Waals surface area contributed by atoms with Gasteiger partial charge in [0.1, 0.15) is 19.3 Å². The zero-order chi connectivity index (χ0) is 22.2. The van der Waals surface area contributed by atoms with Crippen molar-refractivity contribution in [1.82, 2.24) is 15.2 Å². The quantitative estimate of drug-likeness (QED) is 0.432. The summed E-state index contributed by atoms with van der Waals surface area (Å²) in [6, 6.07) is 7.07. The molecule has 2 aliphatic carbocycles. The van der Waals surface area contributed by atoms with Crippen LogP contribution in [0.15, 0.2) is 29.7 Å². The zero-order valence-electron chi connectivity index (χ0n) is 18.6. The normalized spacial score (nSPS) is 23.1. The predicted molar refractivity (Wildman–Crippen MR) is 125 cm³/mol. The molecule has 31 heavy (non-hydrogen) atoms. The Balaban J connectivity index is 1.63. The fourth-order valence-corrected chi connectivity index (χ4v) is 4.95. The summed E-state index contributed by atoms with van der Waals surface area (Å²) >= 11 is 0. The smallest absolute Gasteiger partial charge is 0.373 e. The minimum Gasteiger partial charge on any atom is -0.437 e. The van der Waals surface area contributed by atoms with Crippen molar-refractivity contribution >= 4 is 24.3 Å². The van der Waals surface area contributed by atoms with Crippen LogP contribution in [0.4, 0.5) is 11.5 Å². The van der Waals surface area contributed by atoms with E-state index in [-0.39, 0.29) is 0 Å². The summed E-state index contributed by atoms with van der Waals surface area (Å²) in [7, 11) is 1.10. The summed E-state index contributed by atoms with van der Waals surface area (Å²) in [5, 5.41) is 20.9. The van der Waals surface area contributed by atoms with Gasteiger partial charge in [-0.1, -0.05) is 11.2 Å². The van der Waals surface area contributed by atoms with E-state index < -0.39 is 12.5 Å². The Morgan fingerprint density at radius 3 is 2.55 bits per heavy atom. The Bertz CT molecular complexity index is 986. The highest BCUT2D eigenvalue weighted by molar-refractivity contribution is 6.45. The largest absolute Gasteiger partial charge is 0.437 e. The first kappa shape index (κ1) is 21.6. The van der Waals surface area contributed by atoms with Gasteiger partial charge in [0.05, 0.1) is 11.4 Å². The van der Waals surface area contributed by atoms with Gasteiger partial charge in [0.15, 0.2) is 0 Å². The van der Waals surface area contributed by atoms with Crippen molar-refractivity contribution in [1.29, 1.82) is 0 Å². The number of nitrogens with one attached hydrogen (secondary N) is 2. The van der Waals surface area contributed by atoms with E-state index in [0.717, 1.165) is 59.5 Å². The van der Waals surface area contributed by atoms with Crippen molar-refractivity contribution in [2.75, 3.05) is 18.2 Å². The van der Waals surface area contributed by atoms with E-state index in [4.69, 9.17) is 10.6 Å². The molecule has 1 aromatic heterocycles. The van der Waals surface area contributed by atoms with Crippen LogP contribution < -0.4 is 16.3 Å². The molecule has 9 heteroatoms. The maximum absolute atomic E-state index is 9.55. The van der Waals surface area contributed by atoms with E-state index >= 15 is 0 Å². The van der Waals surface area contributed by atoms with Gasteiger partial charge < -0.3 is 26.1 Å². The molecule has 0 bridgehead atoms. The molecule has 4 rings (SSSR count). The van der Waals surface area contributed by atoms with E-state index in [2.05, 4.69) is 57.7 Å². The van der Waals surface area contributed by atoms with Crippen LogP contribution in [0.2, 0.25) is 6.82 Å². The molecule has 8 nitrogen and oxygen atoms in total. The number of nitrogens with zero attached hydrogens (tertiary/aromatic N) is 3. The SMILES string of the molecule is CO/N=C1\c2cc(NC3CCC(NB(C)O)CC3)ccc2-c2ncnc(N)c2C1(C)C. The van der Waals surface area contributed by atoms with Crippen LogP contribution in [0, 0.1) is 0 Å². The molecule has 2 aliphatic rings. The number of nitrogens with two attached hydrogens (primary N) is 1. The summed E-state index contributed by atoms with van der Waals surface area (Å²) in [4.78, 5) is 14.0. The van der Waals surface area contributed by atoms with E-state index in [1.807, 2.05) is 0 Å². The summed E-state index contributed by atoms with van der Waals surface area (Å²) in [6.45, 7) is 5.92. The standard InChI is InChI=1S/C22H31BN6O2/c1-22(2)18-19(25-12-26-21(18)24)16-10-9-15(11-17(16)20(22)29-31-4)27-13-5-7-14(8-6-13)28-23(3)30/h9-14,27-28,30H,5-8H2,1-4H3,(H2,24,25,26)/b29-20+. The first-order valence-electron chi connectivity index (χ1n) is 10.9. The average Bonchev–Trinajstić information content (AvgIpc) is 2.72. The highest BCUT2D eigenvalue weighted by Crippen LogP contribution is 2.45. The Morgan fingerprint density at radius 1 is 1.16 bits per heavy atom. The van der Waals surface area contributed by atoms with Gasteiger partial charge in [0.25, 0.3) is 0 Å². The molecular formula is C22H31BN6O2. The molecule has 1 aromatic carbocycles.